The largest absolute Gasteiger partial charge is 0.324 e. The van der Waals surface area contributed by atoms with E-state index in [0.29, 0.717) is 5.02 Å². The van der Waals surface area contributed by atoms with Gasteiger partial charge in [0.25, 0.3) is 0 Å². The molecule has 1 atom stereocenters. The van der Waals surface area contributed by atoms with E-state index in [4.69, 9.17) is 17.3 Å². The van der Waals surface area contributed by atoms with Crippen LogP contribution in [-0.2, 0) is 6.42 Å². The average Bonchev–Trinajstić information content (AvgIpc) is 2.37. The summed E-state index contributed by atoms with van der Waals surface area (Å²) in [7, 11) is 0. The van der Waals surface area contributed by atoms with Gasteiger partial charge in [-0.3, -0.25) is 0 Å². The van der Waals surface area contributed by atoms with Crippen molar-refractivity contribution in [3.63, 3.8) is 0 Å². The standard InChI is InChI=1S/C16H17BrClN/c1-10-5-3-6-11(2)13(10)9-15(19)12-7-4-8-14(17)16(12)18/h3-8,15H,9,19H2,1-2H3. The first-order valence-corrected chi connectivity index (χ1v) is 7.42. The molecule has 0 bridgehead atoms. The summed E-state index contributed by atoms with van der Waals surface area (Å²) < 4.78 is 0.892. The predicted molar refractivity (Wildman–Crippen MR) is 85.7 cm³/mol. The van der Waals surface area contributed by atoms with Crippen LogP contribution in [0.2, 0.25) is 5.02 Å². The van der Waals surface area contributed by atoms with Gasteiger partial charge < -0.3 is 5.73 Å². The van der Waals surface area contributed by atoms with E-state index >= 15 is 0 Å². The van der Waals surface area contributed by atoms with Gasteiger partial charge in [0.1, 0.15) is 0 Å². The zero-order chi connectivity index (χ0) is 14.0. The quantitative estimate of drug-likeness (QED) is 0.841. The lowest BCUT2D eigenvalue weighted by atomic mass is 9.93. The fraction of sp³-hybridized carbons (Fsp3) is 0.250. The highest BCUT2D eigenvalue weighted by molar-refractivity contribution is 9.10. The maximum atomic E-state index is 6.33. The van der Waals surface area contributed by atoms with E-state index in [1.54, 1.807) is 0 Å². The Kier molecular flexibility index (Phi) is 4.67. The molecule has 1 nitrogen and oxygen atoms in total. The SMILES string of the molecule is Cc1cccc(C)c1CC(N)c1cccc(Br)c1Cl. The zero-order valence-corrected chi connectivity index (χ0v) is 13.4. The number of hydrogen-bond acceptors (Lipinski definition) is 1. The molecule has 0 aliphatic rings. The first-order valence-electron chi connectivity index (χ1n) is 6.25. The lowest BCUT2D eigenvalue weighted by Crippen LogP contribution is -2.15. The summed E-state index contributed by atoms with van der Waals surface area (Å²) in [6.45, 7) is 4.25. The molecule has 100 valence electrons. The Morgan fingerprint density at radius 1 is 1.11 bits per heavy atom. The van der Waals surface area contributed by atoms with Crippen molar-refractivity contribution in [3.05, 3.63) is 68.1 Å². The fourth-order valence-corrected chi connectivity index (χ4v) is 2.96. The van der Waals surface area contributed by atoms with Crippen LogP contribution < -0.4 is 5.73 Å². The zero-order valence-electron chi connectivity index (χ0n) is 11.1. The van der Waals surface area contributed by atoms with E-state index in [-0.39, 0.29) is 6.04 Å². The highest BCUT2D eigenvalue weighted by Gasteiger charge is 2.14. The normalized spacial score (nSPS) is 12.5. The number of rotatable bonds is 3. The number of benzene rings is 2. The molecule has 2 N–H and O–H groups in total. The Morgan fingerprint density at radius 2 is 1.68 bits per heavy atom. The molecule has 0 saturated heterocycles. The van der Waals surface area contributed by atoms with Crippen LogP contribution in [0.3, 0.4) is 0 Å². The average molecular weight is 339 g/mol. The summed E-state index contributed by atoms with van der Waals surface area (Å²) in [5.41, 5.74) is 11.2. The lowest BCUT2D eigenvalue weighted by molar-refractivity contribution is 0.715. The van der Waals surface area contributed by atoms with Crippen molar-refractivity contribution >= 4 is 27.5 Å². The topological polar surface area (TPSA) is 26.0 Å². The number of halogens is 2. The van der Waals surface area contributed by atoms with Gasteiger partial charge in [0, 0.05) is 10.5 Å². The van der Waals surface area contributed by atoms with Gasteiger partial charge in [-0.25, -0.2) is 0 Å². The fourth-order valence-electron chi connectivity index (χ4n) is 2.31. The Bertz CT molecular complexity index is 575. The minimum Gasteiger partial charge on any atom is -0.324 e. The summed E-state index contributed by atoms with van der Waals surface area (Å²) in [5, 5.41) is 0.709. The first-order chi connectivity index (χ1) is 9.00. The molecule has 3 heteroatoms. The van der Waals surface area contributed by atoms with Crippen LogP contribution in [0, 0.1) is 13.8 Å². The van der Waals surface area contributed by atoms with Crippen LogP contribution in [0.25, 0.3) is 0 Å². The second-order valence-corrected chi connectivity index (χ2v) is 6.06. The van der Waals surface area contributed by atoms with Crippen LogP contribution in [0.1, 0.15) is 28.3 Å². The molecule has 0 aliphatic carbocycles. The Morgan fingerprint density at radius 3 is 2.32 bits per heavy atom. The van der Waals surface area contributed by atoms with Crippen molar-refractivity contribution in [2.75, 3.05) is 0 Å². The molecule has 0 saturated carbocycles. The molecule has 0 heterocycles. The highest BCUT2D eigenvalue weighted by atomic mass is 79.9. The van der Waals surface area contributed by atoms with E-state index < -0.39 is 0 Å². The third-order valence-corrected chi connectivity index (χ3v) is 4.76. The molecule has 0 aliphatic heterocycles. The molecule has 0 fully saturated rings. The van der Waals surface area contributed by atoms with Gasteiger partial charge in [0.2, 0.25) is 0 Å². The third kappa shape index (κ3) is 3.19. The van der Waals surface area contributed by atoms with Crippen molar-refractivity contribution in [1.82, 2.24) is 0 Å². The second-order valence-electron chi connectivity index (χ2n) is 4.82. The molecule has 2 rings (SSSR count). The second kappa shape index (κ2) is 6.08. The van der Waals surface area contributed by atoms with Gasteiger partial charge in [-0.05, 0) is 64.5 Å². The minimum atomic E-state index is -0.0928. The molecule has 0 amide bonds. The van der Waals surface area contributed by atoms with Crippen molar-refractivity contribution in [2.45, 2.75) is 26.3 Å². The summed E-state index contributed by atoms with van der Waals surface area (Å²) >= 11 is 9.75. The Labute approximate surface area is 127 Å². The van der Waals surface area contributed by atoms with E-state index in [0.717, 1.165) is 16.5 Å². The monoisotopic (exact) mass is 337 g/mol. The van der Waals surface area contributed by atoms with E-state index in [1.807, 2.05) is 18.2 Å². The molecular formula is C16H17BrClN. The van der Waals surface area contributed by atoms with Crippen molar-refractivity contribution < 1.29 is 0 Å². The number of hydrogen-bond donors (Lipinski definition) is 1. The van der Waals surface area contributed by atoms with Crippen molar-refractivity contribution in [2.24, 2.45) is 5.73 Å². The van der Waals surface area contributed by atoms with Crippen LogP contribution in [-0.4, -0.2) is 0 Å². The smallest absolute Gasteiger partial charge is 0.0595 e. The predicted octanol–water partition coefficient (Wildman–Crippen LogP) is 4.96. The summed E-state index contributed by atoms with van der Waals surface area (Å²) in [5.74, 6) is 0. The van der Waals surface area contributed by atoms with Crippen LogP contribution in [0.5, 0.6) is 0 Å². The molecule has 2 aromatic carbocycles. The van der Waals surface area contributed by atoms with Gasteiger partial charge in [-0.2, -0.15) is 0 Å². The lowest BCUT2D eigenvalue weighted by Gasteiger charge is -2.17. The highest BCUT2D eigenvalue weighted by Crippen LogP contribution is 2.31. The van der Waals surface area contributed by atoms with Gasteiger partial charge in [0.05, 0.1) is 5.02 Å². The van der Waals surface area contributed by atoms with Gasteiger partial charge in [0.15, 0.2) is 0 Å². The molecule has 19 heavy (non-hydrogen) atoms. The summed E-state index contributed by atoms with van der Waals surface area (Å²) in [6, 6.07) is 12.1. The number of nitrogens with two attached hydrogens (primary N) is 1. The molecule has 1 unspecified atom stereocenters. The Hall–Kier alpha value is -0.830. The van der Waals surface area contributed by atoms with Gasteiger partial charge >= 0.3 is 0 Å². The van der Waals surface area contributed by atoms with Crippen LogP contribution in [0.15, 0.2) is 40.9 Å². The first kappa shape index (κ1) is 14.6. The molecule has 0 aromatic heterocycles. The third-order valence-electron chi connectivity index (χ3n) is 3.45. The summed E-state index contributed by atoms with van der Waals surface area (Å²) in [6.07, 6.45) is 0.800. The van der Waals surface area contributed by atoms with E-state index in [1.165, 1.54) is 16.7 Å². The molecule has 2 aromatic rings. The maximum Gasteiger partial charge on any atom is 0.0595 e. The van der Waals surface area contributed by atoms with Crippen LogP contribution in [0.4, 0.5) is 0 Å². The van der Waals surface area contributed by atoms with Gasteiger partial charge in [-0.1, -0.05) is 41.9 Å². The maximum absolute atomic E-state index is 6.33. The molecule has 0 radical (unpaired) electrons. The Balaban J connectivity index is 2.31. The van der Waals surface area contributed by atoms with Crippen molar-refractivity contribution in [1.29, 1.82) is 0 Å². The van der Waals surface area contributed by atoms with E-state index in [2.05, 4.69) is 48.0 Å². The molecular weight excluding hydrogens is 322 g/mol. The van der Waals surface area contributed by atoms with Crippen molar-refractivity contribution in [3.8, 4) is 0 Å². The molecule has 0 spiro atoms. The summed E-state index contributed by atoms with van der Waals surface area (Å²) in [4.78, 5) is 0. The van der Waals surface area contributed by atoms with E-state index in [9.17, 15) is 0 Å². The van der Waals surface area contributed by atoms with Gasteiger partial charge in [-0.15, -0.1) is 0 Å². The number of aryl methyl sites for hydroxylation is 2. The minimum absolute atomic E-state index is 0.0928. The van der Waals surface area contributed by atoms with Crippen LogP contribution >= 0.6 is 27.5 Å².